The largest absolute Gasteiger partial charge is 0.326 e. The lowest BCUT2D eigenvalue weighted by atomic mass is 10.2. The van der Waals surface area contributed by atoms with Gasteiger partial charge in [-0.25, -0.2) is 8.42 Å². The van der Waals surface area contributed by atoms with Gasteiger partial charge in [0.2, 0.25) is 0 Å². The Morgan fingerprint density at radius 2 is 2.00 bits per heavy atom. The number of pyridine rings is 1. The zero-order valence-corrected chi connectivity index (χ0v) is 12.8. The Kier molecular flexibility index (Phi) is 4.87. The molecule has 0 aliphatic carbocycles. The highest BCUT2D eigenvalue weighted by Gasteiger charge is 2.22. The van der Waals surface area contributed by atoms with Gasteiger partial charge in [0.1, 0.15) is 4.21 Å². The van der Waals surface area contributed by atoms with Crippen LogP contribution in [0.4, 0.5) is 0 Å². The predicted molar refractivity (Wildman–Crippen MR) is 80.0 cm³/mol. The van der Waals surface area contributed by atoms with Gasteiger partial charge in [0.15, 0.2) is 0 Å². The van der Waals surface area contributed by atoms with E-state index < -0.39 is 10.0 Å². The van der Waals surface area contributed by atoms with Gasteiger partial charge in [-0.15, -0.1) is 11.3 Å². The average molecular weight is 311 g/mol. The predicted octanol–water partition coefficient (Wildman–Crippen LogP) is 1.47. The molecule has 2 aromatic heterocycles. The van der Waals surface area contributed by atoms with Crippen LogP contribution >= 0.6 is 11.3 Å². The molecule has 2 heterocycles. The van der Waals surface area contributed by atoms with E-state index in [4.69, 9.17) is 5.73 Å². The second kappa shape index (κ2) is 6.45. The topological polar surface area (TPSA) is 76.3 Å². The molecular weight excluding hydrogens is 294 g/mol. The quantitative estimate of drug-likeness (QED) is 0.876. The van der Waals surface area contributed by atoms with Gasteiger partial charge in [-0.2, -0.15) is 4.31 Å². The van der Waals surface area contributed by atoms with E-state index >= 15 is 0 Å². The number of nitrogens with zero attached hydrogens (tertiary/aromatic N) is 2. The van der Waals surface area contributed by atoms with E-state index in [2.05, 4.69) is 4.98 Å². The number of hydrogen-bond donors (Lipinski definition) is 1. The van der Waals surface area contributed by atoms with Crippen LogP contribution in [0.5, 0.6) is 0 Å². The SMILES string of the molecule is CN(CCc1ccncc1)S(=O)(=O)c1cc(CN)cs1. The van der Waals surface area contributed by atoms with Crippen molar-refractivity contribution >= 4 is 21.4 Å². The Morgan fingerprint density at radius 1 is 1.30 bits per heavy atom. The first-order valence-electron chi connectivity index (χ1n) is 6.17. The van der Waals surface area contributed by atoms with E-state index in [0.717, 1.165) is 11.1 Å². The maximum Gasteiger partial charge on any atom is 0.252 e. The van der Waals surface area contributed by atoms with E-state index in [1.165, 1.54) is 15.6 Å². The summed E-state index contributed by atoms with van der Waals surface area (Å²) >= 11 is 1.21. The van der Waals surface area contributed by atoms with Crippen molar-refractivity contribution in [2.45, 2.75) is 17.2 Å². The molecule has 5 nitrogen and oxygen atoms in total. The van der Waals surface area contributed by atoms with Crippen LogP contribution in [0.15, 0.2) is 40.2 Å². The van der Waals surface area contributed by atoms with Crippen molar-refractivity contribution in [3.63, 3.8) is 0 Å². The molecule has 20 heavy (non-hydrogen) atoms. The molecule has 2 rings (SSSR count). The Morgan fingerprint density at radius 3 is 2.60 bits per heavy atom. The number of nitrogens with two attached hydrogens (primary N) is 1. The third-order valence-electron chi connectivity index (χ3n) is 2.99. The van der Waals surface area contributed by atoms with Gasteiger partial charge in [-0.05, 0) is 41.1 Å². The Hall–Kier alpha value is -1.28. The van der Waals surface area contributed by atoms with Crippen LogP contribution in [-0.4, -0.2) is 31.3 Å². The van der Waals surface area contributed by atoms with Crippen molar-refractivity contribution in [3.8, 4) is 0 Å². The third kappa shape index (κ3) is 3.43. The fourth-order valence-corrected chi connectivity index (χ4v) is 4.31. The first-order chi connectivity index (χ1) is 9.54. The van der Waals surface area contributed by atoms with E-state index in [1.54, 1.807) is 30.9 Å². The van der Waals surface area contributed by atoms with Crippen molar-refractivity contribution in [2.75, 3.05) is 13.6 Å². The number of likely N-dealkylation sites (N-methyl/N-ethyl adjacent to an activating group) is 1. The summed E-state index contributed by atoms with van der Waals surface area (Å²) in [6.45, 7) is 0.787. The summed E-state index contributed by atoms with van der Waals surface area (Å²) in [6, 6.07) is 5.42. The molecule has 0 fully saturated rings. The molecule has 0 atom stereocenters. The molecular formula is C13H17N3O2S2. The van der Waals surface area contributed by atoms with Crippen LogP contribution in [0.3, 0.4) is 0 Å². The van der Waals surface area contributed by atoms with E-state index in [1.807, 2.05) is 12.1 Å². The second-order valence-electron chi connectivity index (χ2n) is 4.41. The van der Waals surface area contributed by atoms with Crippen molar-refractivity contribution in [1.29, 1.82) is 0 Å². The van der Waals surface area contributed by atoms with Crippen LogP contribution in [0, 0.1) is 0 Å². The molecule has 0 saturated carbocycles. The zero-order chi connectivity index (χ0) is 14.6. The summed E-state index contributed by atoms with van der Waals surface area (Å²) in [4.78, 5) is 3.94. The highest BCUT2D eigenvalue weighted by atomic mass is 32.2. The van der Waals surface area contributed by atoms with Gasteiger partial charge in [0.25, 0.3) is 10.0 Å². The lowest BCUT2D eigenvalue weighted by molar-refractivity contribution is 0.474. The maximum absolute atomic E-state index is 12.4. The van der Waals surface area contributed by atoms with Gasteiger partial charge in [-0.3, -0.25) is 4.98 Å². The highest BCUT2D eigenvalue weighted by molar-refractivity contribution is 7.91. The molecule has 0 unspecified atom stereocenters. The summed E-state index contributed by atoms with van der Waals surface area (Å²) in [5.41, 5.74) is 7.42. The third-order valence-corrected chi connectivity index (χ3v) is 6.32. The fourth-order valence-electron chi connectivity index (χ4n) is 1.71. The smallest absolute Gasteiger partial charge is 0.252 e. The van der Waals surface area contributed by atoms with E-state index in [9.17, 15) is 8.42 Å². The summed E-state index contributed by atoms with van der Waals surface area (Å²) in [5.74, 6) is 0. The first-order valence-corrected chi connectivity index (χ1v) is 8.48. The van der Waals surface area contributed by atoms with Crippen LogP contribution in [0.2, 0.25) is 0 Å². The van der Waals surface area contributed by atoms with Crippen molar-refractivity contribution in [1.82, 2.24) is 9.29 Å². The lowest BCUT2D eigenvalue weighted by Crippen LogP contribution is -2.28. The second-order valence-corrected chi connectivity index (χ2v) is 7.59. The van der Waals surface area contributed by atoms with Crippen LogP contribution in [0.25, 0.3) is 0 Å². The molecule has 2 aromatic rings. The summed E-state index contributed by atoms with van der Waals surface area (Å²) < 4.78 is 26.4. The number of sulfonamides is 1. The maximum atomic E-state index is 12.4. The molecule has 108 valence electrons. The molecule has 0 aliphatic rings. The lowest BCUT2D eigenvalue weighted by Gasteiger charge is -2.15. The number of aromatic nitrogens is 1. The Bertz CT molecular complexity index is 653. The fraction of sp³-hybridized carbons (Fsp3) is 0.308. The molecule has 0 spiro atoms. The van der Waals surface area contributed by atoms with Gasteiger partial charge in [0.05, 0.1) is 0 Å². The van der Waals surface area contributed by atoms with Crippen LogP contribution < -0.4 is 5.73 Å². The molecule has 0 aliphatic heterocycles. The molecule has 0 radical (unpaired) electrons. The monoisotopic (exact) mass is 311 g/mol. The normalized spacial score (nSPS) is 11.9. The number of thiophene rings is 1. The minimum atomic E-state index is -3.42. The zero-order valence-electron chi connectivity index (χ0n) is 11.2. The van der Waals surface area contributed by atoms with Gasteiger partial charge in [-0.1, -0.05) is 0 Å². The molecule has 2 N–H and O–H groups in total. The van der Waals surface area contributed by atoms with Gasteiger partial charge >= 0.3 is 0 Å². The standard InChI is InChI=1S/C13H17N3O2S2/c1-16(7-4-11-2-5-15-6-3-11)20(17,18)13-8-12(9-14)10-19-13/h2-3,5-6,8,10H,4,7,9,14H2,1H3. The van der Waals surface area contributed by atoms with Crippen LogP contribution in [0.1, 0.15) is 11.1 Å². The van der Waals surface area contributed by atoms with Gasteiger partial charge in [0, 0.05) is 32.5 Å². The van der Waals surface area contributed by atoms with Crippen molar-refractivity contribution in [2.24, 2.45) is 5.73 Å². The molecule has 0 aromatic carbocycles. The average Bonchev–Trinajstić information content (AvgIpc) is 2.95. The minimum Gasteiger partial charge on any atom is -0.326 e. The molecule has 7 heteroatoms. The van der Waals surface area contributed by atoms with Gasteiger partial charge < -0.3 is 5.73 Å². The Labute approximate surface area is 123 Å². The summed E-state index contributed by atoms with van der Waals surface area (Å²) in [6.07, 6.45) is 4.07. The molecule has 0 amide bonds. The Balaban J connectivity index is 2.05. The van der Waals surface area contributed by atoms with E-state index in [-0.39, 0.29) is 0 Å². The number of hydrogen-bond acceptors (Lipinski definition) is 5. The summed E-state index contributed by atoms with van der Waals surface area (Å²) in [5, 5.41) is 1.78. The van der Waals surface area contributed by atoms with Crippen LogP contribution in [-0.2, 0) is 23.0 Å². The molecule has 0 bridgehead atoms. The summed E-state index contributed by atoms with van der Waals surface area (Å²) in [7, 11) is -1.82. The van der Waals surface area contributed by atoms with Crippen molar-refractivity contribution in [3.05, 3.63) is 47.1 Å². The number of rotatable bonds is 6. The highest BCUT2D eigenvalue weighted by Crippen LogP contribution is 2.23. The van der Waals surface area contributed by atoms with Crippen molar-refractivity contribution < 1.29 is 8.42 Å². The van der Waals surface area contributed by atoms with E-state index in [0.29, 0.717) is 23.7 Å². The first kappa shape index (κ1) is 15.1. The molecule has 0 saturated heterocycles. The minimum absolute atomic E-state index is 0.343.